The first-order valence-electron chi connectivity index (χ1n) is 6.61. The summed E-state index contributed by atoms with van der Waals surface area (Å²) < 4.78 is 0. The summed E-state index contributed by atoms with van der Waals surface area (Å²) in [6.07, 6.45) is 4.09. The minimum atomic E-state index is -0.921. The Bertz CT molecular complexity index is 518. The topological polar surface area (TPSA) is 126 Å². The van der Waals surface area contributed by atoms with Crippen molar-refractivity contribution in [1.29, 1.82) is 0 Å². The summed E-state index contributed by atoms with van der Waals surface area (Å²) in [6.45, 7) is 5.10. The molecule has 0 aromatic carbocycles. The Labute approximate surface area is 123 Å². The van der Waals surface area contributed by atoms with Crippen LogP contribution in [0.5, 0.6) is 0 Å². The lowest BCUT2D eigenvalue weighted by molar-refractivity contribution is -0.157. The Hall–Kier alpha value is -2.18. The molecular weight excluding hydrogens is 274 g/mol. The normalized spacial score (nSPS) is 26.5. The third-order valence-corrected chi connectivity index (χ3v) is 4.58. The second-order valence-electron chi connectivity index (χ2n) is 5.90. The first kappa shape index (κ1) is 16.9. The molecule has 4 N–H and O–H groups in total. The molecular formula is C14H21N3O4. The number of rotatable bonds is 2. The van der Waals surface area contributed by atoms with Crippen molar-refractivity contribution < 1.29 is 19.8 Å². The van der Waals surface area contributed by atoms with E-state index in [0.29, 0.717) is 18.8 Å². The fraction of sp³-hybridized carbons (Fsp3) is 0.571. The van der Waals surface area contributed by atoms with E-state index < -0.39 is 28.7 Å². The average Bonchev–Trinajstić information content (AvgIpc) is 2.63. The third kappa shape index (κ3) is 3.29. The maximum atomic E-state index is 11.1. The first-order valence-corrected chi connectivity index (χ1v) is 6.61. The molecule has 1 saturated carbocycles. The largest absolute Gasteiger partial charge is 0.481 e. The van der Waals surface area contributed by atoms with Gasteiger partial charge in [0.25, 0.3) is 0 Å². The van der Waals surface area contributed by atoms with E-state index >= 15 is 0 Å². The number of carbonyl (C=O) groups is 2. The zero-order chi connectivity index (χ0) is 16.3. The Morgan fingerprint density at radius 2 is 1.76 bits per heavy atom. The van der Waals surface area contributed by atoms with Gasteiger partial charge in [0.2, 0.25) is 5.95 Å². The van der Waals surface area contributed by atoms with E-state index in [1.54, 1.807) is 39.2 Å². The highest BCUT2D eigenvalue weighted by atomic mass is 16.4. The molecule has 0 amide bonds. The predicted octanol–water partition coefficient (Wildman–Crippen LogP) is 1.66. The number of carboxylic acid groups (broad SMARTS) is 2. The van der Waals surface area contributed by atoms with Crippen molar-refractivity contribution in [3.63, 3.8) is 0 Å². The Kier molecular flexibility index (Phi) is 4.88. The van der Waals surface area contributed by atoms with Gasteiger partial charge in [-0.15, -0.1) is 0 Å². The number of nitrogens with zero attached hydrogens (tertiary/aromatic N) is 2. The quantitative estimate of drug-likeness (QED) is 0.757. The van der Waals surface area contributed by atoms with Crippen LogP contribution in [0.1, 0.15) is 33.6 Å². The smallest absolute Gasteiger partial charge is 0.309 e. The summed E-state index contributed by atoms with van der Waals surface area (Å²) in [7, 11) is 0. The first-order chi connectivity index (χ1) is 9.63. The molecule has 0 unspecified atom stereocenters. The number of nitrogens with two attached hydrogens (primary N) is 1. The molecule has 2 atom stereocenters. The van der Waals surface area contributed by atoms with Crippen molar-refractivity contribution in [2.24, 2.45) is 16.7 Å². The van der Waals surface area contributed by atoms with Crippen LogP contribution in [-0.2, 0) is 9.59 Å². The van der Waals surface area contributed by atoms with Crippen LogP contribution in [0.3, 0.4) is 0 Å². The van der Waals surface area contributed by atoms with Crippen molar-refractivity contribution in [3.8, 4) is 0 Å². The minimum Gasteiger partial charge on any atom is -0.481 e. The second-order valence-corrected chi connectivity index (χ2v) is 5.90. The molecule has 1 aromatic rings. The van der Waals surface area contributed by atoms with Gasteiger partial charge in [-0.1, -0.05) is 13.8 Å². The van der Waals surface area contributed by atoms with Crippen LogP contribution in [0.25, 0.3) is 0 Å². The zero-order valence-electron chi connectivity index (χ0n) is 12.4. The highest BCUT2D eigenvalue weighted by molar-refractivity contribution is 5.80. The van der Waals surface area contributed by atoms with Crippen molar-refractivity contribution in [2.45, 2.75) is 33.6 Å². The predicted molar refractivity (Wildman–Crippen MR) is 76.3 cm³/mol. The number of hydrogen-bond donors (Lipinski definition) is 3. The number of aromatic nitrogens is 2. The molecule has 1 heterocycles. The maximum Gasteiger partial charge on any atom is 0.309 e. The van der Waals surface area contributed by atoms with Crippen LogP contribution in [-0.4, -0.2) is 32.1 Å². The van der Waals surface area contributed by atoms with E-state index in [9.17, 15) is 9.59 Å². The summed E-state index contributed by atoms with van der Waals surface area (Å²) in [5.41, 5.74) is 3.53. The summed E-state index contributed by atoms with van der Waals surface area (Å²) in [5, 5.41) is 18.1. The fourth-order valence-electron chi connectivity index (χ4n) is 2.63. The number of anilines is 1. The van der Waals surface area contributed by atoms with Gasteiger partial charge >= 0.3 is 11.9 Å². The molecule has 1 fully saturated rings. The van der Waals surface area contributed by atoms with Gasteiger partial charge < -0.3 is 15.9 Å². The van der Waals surface area contributed by atoms with Gasteiger partial charge in [0.15, 0.2) is 0 Å². The van der Waals surface area contributed by atoms with Crippen LogP contribution >= 0.6 is 0 Å². The van der Waals surface area contributed by atoms with Crippen LogP contribution in [0.2, 0.25) is 0 Å². The van der Waals surface area contributed by atoms with Crippen molar-refractivity contribution in [2.75, 3.05) is 5.73 Å². The molecule has 7 nitrogen and oxygen atoms in total. The average molecular weight is 295 g/mol. The molecule has 0 aliphatic heterocycles. The third-order valence-electron chi connectivity index (χ3n) is 4.58. The van der Waals surface area contributed by atoms with Crippen LogP contribution in [0.15, 0.2) is 18.5 Å². The Morgan fingerprint density at radius 1 is 1.24 bits per heavy atom. The van der Waals surface area contributed by atoms with Crippen LogP contribution in [0, 0.1) is 16.7 Å². The number of aliphatic carboxylic acids is 2. The lowest BCUT2D eigenvalue weighted by atomic mass is 9.66. The summed E-state index contributed by atoms with van der Waals surface area (Å²) in [5.74, 6) is -2.02. The molecule has 7 heteroatoms. The van der Waals surface area contributed by atoms with Gasteiger partial charge in [-0.05, 0) is 31.2 Å². The number of nitrogen functional groups attached to an aromatic ring is 1. The zero-order valence-corrected chi connectivity index (χ0v) is 12.4. The number of carboxylic acids is 2. The molecule has 1 aliphatic carbocycles. The molecule has 0 spiro atoms. The SMILES string of the molecule is CC1(C)[C@@H](C(=O)O)CC[C@@]1(C)C(=O)O.Nc1ncccn1. The lowest BCUT2D eigenvalue weighted by Crippen LogP contribution is -2.42. The highest BCUT2D eigenvalue weighted by Crippen LogP contribution is 2.56. The molecule has 1 aromatic heterocycles. The van der Waals surface area contributed by atoms with Crippen LogP contribution < -0.4 is 5.73 Å². The van der Waals surface area contributed by atoms with E-state index in [4.69, 9.17) is 15.9 Å². The van der Waals surface area contributed by atoms with E-state index in [0.717, 1.165) is 0 Å². The van der Waals surface area contributed by atoms with E-state index in [-0.39, 0.29) is 0 Å². The maximum absolute atomic E-state index is 11.1. The lowest BCUT2D eigenvalue weighted by Gasteiger charge is -2.36. The molecule has 2 rings (SSSR count). The van der Waals surface area contributed by atoms with Gasteiger partial charge in [-0.2, -0.15) is 0 Å². The van der Waals surface area contributed by atoms with Gasteiger partial charge in [0.1, 0.15) is 0 Å². The molecule has 0 bridgehead atoms. The summed E-state index contributed by atoms with van der Waals surface area (Å²) >= 11 is 0. The van der Waals surface area contributed by atoms with Crippen LogP contribution in [0.4, 0.5) is 5.95 Å². The molecule has 21 heavy (non-hydrogen) atoms. The molecule has 1 aliphatic rings. The van der Waals surface area contributed by atoms with Gasteiger partial charge in [-0.3, -0.25) is 9.59 Å². The fourth-order valence-corrected chi connectivity index (χ4v) is 2.63. The van der Waals surface area contributed by atoms with Gasteiger partial charge in [-0.25, -0.2) is 9.97 Å². The minimum absolute atomic E-state index is 0.322. The monoisotopic (exact) mass is 295 g/mol. The molecule has 0 radical (unpaired) electrons. The van der Waals surface area contributed by atoms with E-state index in [1.165, 1.54) is 0 Å². The van der Waals surface area contributed by atoms with Gasteiger partial charge in [0.05, 0.1) is 11.3 Å². The standard InChI is InChI=1S/C10H16O4.C4H5N3/c1-9(2)6(7(11)12)4-5-10(9,3)8(13)14;5-4-6-2-1-3-7-4/h6H,4-5H2,1-3H3,(H,11,12)(H,13,14);1-3H,(H2,5,6,7)/t6-,10+;/m1./s1. The molecule has 116 valence electrons. The van der Waals surface area contributed by atoms with Crippen molar-refractivity contribution in [1.82, 2.24) is 9.97 Å². The van der Waals surface area contributed by atoms with Crippen molar-refractivity contribution >= 4 is 17.9 Å². The highest BCUT2D eigenvalue weighted by Gasteiger charge is 2.58. The Balaban J connectivity index is 0.000000262. The molecule has 0 saturated heterocycles. The number of hydrogen-bond acceptors (Lipinski definition) is 5. The van der Waals surface area contributed by atoms with E-state index in [2.05, 4.69) is 9.97 Å². The van der Waals surface area contributed by atoms with Crippen molar-refractivity contribution in [3.05, 3.63) is 18.5 Å². The Morgan fingerprint density at radius 3 is 2.00 bits per heavy atom. The van der Waals surface area contributed by atoms with E-state index in [1.807, 2.05) is 0 Å². The summed E-state index contributed by atoms with van der Waals surface area (Å²) in [4.78, 5) is 29.3. The second kappa shape index (κ2) is 6.07. The van der Waals surface area contributed by atoms with Gasteiger partial charge in [0, 0.05) is 12.4 Å². The summed E-state index contributed by atoms with van der Waals surface area (Å²) in [6, 6.07) is 1.72.